The second kappa shape index (κ2) is 8.49. The number of rotatable bonds is 8. The molecule has 1 rings (SSSR count). The fraction of sp³-hybridized carbons (Fsp3) is 0.625. The predicted molar refractivity (Wildman–Crippen MR) is 80.4 cm³/mol. The topological polar surface area (TPSA) is 68.4 Å². The highest BCUT2D eigenvalue weighted by Gasteiger charge is 2.20. The van der Waals surface area contributed by atoms with Gasteiger partial charge in [0.25, 0.3) is 0 Å². The fourth-order valence-corrected chi connectivity index (χ4v) is 2.37. The molecule has 0 aliphatic heterocycles. The third kappa shape index (κ3) is 4.62. The van der Waals surface area contributed by atoms with Crippen LogP contribution in [0.3, 0.4) is 0 Å². The number of aromatic nitrogens is 1. The van der Waals surface area contributed by atoms with Gasteiger partial charge in [-0.05, 0) is 44.7 Å². The number of carbonyl (C=O) groups is 2. The number of aryl methyl sites for hydroxylation is 1. The van der Waals surface area contributed by atoms with Gasteiger partial charge in [-0.2, -0.15) is 0 Å². The van der Waals surface area contributed by atoms with Crippen molar-refractivity contribution < 1.29 is 19.1 Å². The Morgan fingerprint density at radius 2 is 1.71 bits per heavy atom. The van der Waals surface area contributed by atoms with Crippen LogP contribution in [-0.4, -0.2) is 30.1 Å². The van der Waals surface area contributed by atoms with E-state index in [-0.39, 0.29) is 11.9 Å². The maximum Gasteiger partial charge on any atom is 0.355 e. The summed E-state index contributed by atoms with van der Waals surface area (Å²) < 4.78 is 10.0. The molecule has 0 radical (unpaired) electrons. The van der Waals surface area contributed by atoms with Gasteiger partial charge in [-0.15, -0.1) is 0 Å². The zero-order chi connectivity index (χ0) is 15.8. The number of aromatic amines is 1. The zero-order valence-electron chi connectivity index (χ0n) is 13.4. The molecule has 0 aromatic carbocycles. The van der Waals surface area contributed by atoms with Crippen molar-refractivity contribution >= 4 is 11.9 Å². The van der Waals surface area contributed by atoms with Gasteiger partial charge < -0.3 is 14.5 Å². The molecule has 118 valence electrons. The van der Waals surface area contributed by atoms with Crippen LogP contribution in [0.2, 0.25) is 0 Å². The Balaban J connectivity index is 2.94. The summed E-state index contributed by atoms with van der Waals surface area (Å²) in [5.41, 5.74) is 3.43. The van der Waals surface area contributed by atoms with E-state index < -0.39 is 0 Å². The second-order valence-corrected chi connectivity index (χ2v) is 4.86. The Bertz CT molecular complexity index is 491. The Morgan fingerprint density at radius 3 is 2.29 bits per heavy atom. The lowest BCUT2D eigenvalue weighted by molar-refractivity contribution is -0.143. The van der Waals surface area contributed by atoms with Gasteiger partial charge in [-0.25, -0.2) is 4.79 Å². The molecular formula is C16H25NO4. The minimum Gasteiger partial charge on any atom is -0.466 e. The molecule has 0 unspecified atom stereocenters. The van der Waals surface area contributed by atoms with Gasteiger partial charge in [0.15, 0.2) is 0 Å². The molecule has 0 atom stereocenters. The molecule has 21 heavy (non-hydrogen) atoms. The minimum absolute atomic E-state index is 0.210. The summed E-state index contributed by atoms with van der Waals surface area (Å²) in [5.74, 6) is -0.548. The molecule has 1 aromatic rings. The summed E-state index contributed by atoms with van der Waals surface area (Å²) in [7, 11) is 0. The van der Waals surface area contributed by atoms with E-state index in [0.717, 1.165) is 29.7 Å². The molecule has 5 nitrogen and oxygen atoms in total. The summed E-state index contributed by atoms with van der Waals surface area (Å²) in [6.07, 6.45) is 2.72. The van der Waals surface area contributed by atoms with Crippen LogP contribution in [-0.2, 0) is 27.1 Å². The Kier molecular flexibility index (Phi) is 6.99. The first-order valence-corrected chi connectivity index (χ1v) is 7.58. The van der Waals surface area contributed by atoms with Crippen LogP contribution in [0.15, 0.2) is 0 Å². The Labute approximate surface area is 126 Å². The molecule has 5 heteroatoms. The number of nitrogens with one attached hydrogen (secondary N) is 1. The van der Waals surface area contributed by atoms with Crippen LogP contribution in [0, 0.1) is 6.92 Å². The molecular weight excluding hydrogens is 270 g/mol. The molecule has 1 heterocycles. The maximum atomic E-state index is 11.9. The highest BCUT2D eigenvalue weighted by Crippen LogP contribution is 2.22. The lowest BCUT2D eigenvalue weighted by Crippen LogP contribution is -2.07. The van der Waals surface area contributed by atoms with Crippen LogP contribution >= 0.6 is 0 Å². The first kappa shape index (κ1) is 17.3. The average molecular weight is 295 g/mol. The van der Waals surface area contributed by atoms with Crippen LogP contribution < -0.4 is 0 Å². The first-order chi connectivity index (χ1) is 10.0. The van der Waals surface area contributed by atoms with E-state index in [0.29, 0.717) is 31.7 Å². The van der Waals surface area contributed by atoms with Crippen molar-refractivity contribution in [2.24, 2.45) is 0 Å². The summed E-state index contributed by atoms with van der Waals surface area (Å²) in [5, 5.41) is 0. The monoisotopic (exact) mass is 295 g/mol. The smallest absolute Gasteiger partial charge is 0.355 e. The van der Waals surface area contributed by atoms with Crippen molar-refractivity contribution in [3.63, 3.8) is 0 Å². The number of hydrogen-bond donors (Lipinski definition) is 1. The van der Waals surface area contributed by atoms with Crippen molar-refractivity contribution in [1.29, 1.82) is 0 Å². The van der Waals surface area contributed by atoms with E-state index >= 15 is 0 Å². The SMILES string of the molecule is CCCc1[nH]c(C(=O)OCC)c(C)c1CCC(=O)OCC. The van der Waals surface area contributed by atoms with Crippen LogP contribution in [0.25, 0.3) is 0 Å². The lowest BCUT2D eigenvalue weighted by atomic mass is 10.0. The number of hydrogen-bond acceptors (Lipinski definition) is 4. The third-order valence-electron chi connectivity index (χ3n) is 3.33. The average Bonchev–Trinajstić information content (AvgIpc) is 2.74. The number of carbonyl (C=O) groups excluding carboxylic acids is 2. The van der Waals surface area contributed by atoms with Crippen molar-refractivity contribution in [3.05, 3.63) is 22.5 Å². The van der Waals surface area contributed by atoms with Gasteiger partial charge in [-0.1, -0.05) is 13.3 Å². The first-order valence-electron chi connectivity index (χ1n) is 7.58. The van der Waals surface area contributed by atoms with Gasteiger partial charge in [0.05, 0.1) is 13.2 Å². The highest BCUT2D eigenvalue weighted by atomic mass is 16.5. The van der Waals surface area contributed by atoms with Crippen LogP contribution in [0.4, 0.5) is 0 Å². The molecule has 0 fully saturated rings. The fourth-order valence-electron chi connectivity index (χ4n) is 2.37. The van der Waals surface area contributed by atoms with E-state index in [2.05, 4.69) is 11.9 Å². The van der Waals surface area contributed by atoms with Gasteiger partial charge in [0, 0.05) is 12.1 Å². The van der Waals surface area contributed by atoms with Crippen LogP contribution in [0.1, 0.15) is 60.9 Å². The normalized spacial score (nSPS) is 10.5. The van der Waals surface area contributed by atoms with Crippen molar-refractivity contribution in [3.8, 4) is 0 Å². The molecule has 0 aliphatic rings. The summed E-state index contributed by atoms with van der Waals surface area (Å²) in [6, 6.07) is 0. The summed E-state index contributed by atoms with van der Waals surface area (Å²) in [4.78, 5) is 26.6. The van der Waals surface area contributed by atoms with Crippen molar-refractivity contribution in [1.82, 2.24) is 4.98 Å². The molecule has 0 aliphatic carbocycles. The number of ether oxygens (including phenoxy) is 2. The summed E-state index contributed by atoms with van der Waals surface area (Å²) in [6.45, 7) is 8.28. The van der Waals surface area contributed by atoms with Crippen LogP contribution in [0.5, 0.6) is 0 Å². The molecule has 0 bridgehead atoms. The maximum absolute atomic E-state index is 11.9. The second-order valence-electron chi connectivity index (χ2n) is 4.86. The van der Waals surface area contributed by atoms with E-state index in [4.69, 9.17) is 9.47 Å². The van der Waals surface area contributed by atoms with Gasteiger partial charge >= 0.3 is 11.9 Å². The lowest BCUT2D eigenvalue weighted by Gasteiger charge is -2.05. The van der Waals surface area contributed by atoms with Crippen molar-refractivity contribution in [2.75, 3.05) is 13.2 Å². The highest BCUT2D eigenvalue weighted by molar-refractivity contribution is 5.90. The van der Waals surface area contributed by atoms with E-state index in [1.807, 2.05) is 6.92 Å². The van der Waals surface area contributed by atoms with E-state index in [9.17, 15) is 9.59 Å². The molecule has 0 saturated heterocycles. The van der Waals surface area contributed by atoms with E-state index in [1.54, 1.807) is 13.8 Å². The van der Waals surface area contributed by atoms with Gasteiger partial charge in [0.2, 0.25) is 0 Å². The molecule has 1 N–H and O–H groups in total. The van der Waals surface area contributed by atoms with Gasteiger partial charge in [-0.3, -0.25) is 4.79 Å². The van der Waals surface area contributed by atoms with E-state index in [1.165, 1.54) is 0 Å². The molecule has 1 aromatic heterocycles. The third-order valence-corrected chi connectivity index (χ3v) is 3.33. The number of esters is 2. The minimum atomic E-state index is -0.338. The van der Waals surface area contributed by atoms with Crippen molar-refractivity contribution in [2.45, 2.75) is 53.4 Å². The number of H-pyrrole nitrogens is 1. The summed E-state index contributed by atoms with van der Waals surface area (Å²) >= 11 is 0. The Morgan fingerprint density at radius 1 is 1.05 bits per heavy atom. The zero-order valence-corrected chi connectivity index (χ0v) is 13.4. The Hall–Kier alpha value is -1.78. The molecule has 0 saturated carbocycles. The predicted octanol–water partition coefficient (Wildman–Crippen LogP) is 2.95. The quantitative estimate of drug-likeness (QED) is 0.749. The van der Waals surface area contributed by atoms with Gasteiger partial charge in [0.1, 0.15) is 5.69 Å². The molecule has 0 spiro atoms. The standard InChI is InChI=1S/C16H25NO4/c1-5-8-13-12(9-10-14(18)20-6-2)11(4)15(17-13)16(19)21-7-3/h17H,5-10H2,1-4H3. The molecule has 0 amide bonds. The largest absolute Gasteiger partial charge is 0.466 e.